The third-order valence-corrected chi connectivity index (χ3v) is 6.02. The van der Waals surface area contributed by atoms with Gasteiger partial charge in [-0.3, -0.25) is 14.5 Å². The predicted octanol–water partition coefficient (Wildman–Crippen LogP) is 4.08. The SMILES string of the molecule is CC(NC(=O)c1ccccc1NC(=O)CN1CCN(c2ccc(F)cc2)CC1)c1ccccc1. The normalized spacial score (nSPS) is 14.9. The lowest BCUT2D eigenvalue weighted by Crippen LogP contribution is -2.48. The van der Waals surface area contributed by atoms with Crippen molar-refractivity contribution in [1.82, 2.24) is 10.2 Å². The van der Waals surface area contributed by atoms with E-state index in [9.17, 15) is 14.0 Å². The zero-order valence-corrected chi connectivity index (χ0v) is 19.2. The number of benzene rings is 3. The molecule has 0 aromatic heterocycles. The fourth-order valence-corrected chi connectivity index (χ4v) is 4.10. The lowest BCUT2D eigenvalue weighted by molar-refractivity contribution is -0.117. The maximum Gasteiger partial charge on any atom is 0.253 e. The molecule has 1 aliphatic heterocycles. The van der Waals surface area contributed by atoms with Crippen molar-refractivity contribution in [2.24, 2.45) is 0 Å². The van der Waals surface area contributed by atoms with E-state index >= 15 is 0 Å². The molecule has 3 aromatic carbocycles. The van der Waals surface area contributed by atoms with Crippen LogP contribution in [0.15, 0.2) is 78.9 Å². The second kappa shape index (κ2) is 10.9. The highest BCUT2D eigenvalue weighted by Gasteiger charge is 2.21. The average Bonchev–Trinajstić information content (AvgIpc) is 2.86. The summed E-state index contributed by atoms with van der Waals surface area (Å²) in [5.74, 6) is -0.644. The number of carbonyl (C=O) groups excluding carboxylic acids is 2. The van der Waals surface area contributed by atoms with Crippen molar-refractivity contribution in [3.8, 4) is 0 Å². The van der Waals surface area contributed by atoms with Gasteiger partial charge in [0.05, 0.1) is 23.8 Å². The van der Waals surface area contributed by atoms with Gasteiger partial charge in [0.1, 0.15) is 5.82 Å². The van der Waals surface area contributed by atoms with E-state index in [2.05, 4.69) is 20.4 Å². The van der Waals surface area contributed by atoms with E-state index in [-0.39, 0.29) is 30.2 Å². The Morgan fingerprint density at radius 3 is 2.24 bits per heavy atom. The van der Waals surface area contributed by atoms with E-state index in [1.54, 1.807) is 36.4 Å². The van der Waals surface area contributed by atoms with Gasteiger partial charge in [0.15, 0.2) is 0 Å². The maximum atomic E-state index is 13.2. The molecule has 0 spiro atoms. The number of hydrogen-bond acceptors (Lipinski definition) is 4. The van der Waals surface area contributed by atoms with Gasteiger partial charge in [0.2, 0.25) is 5.91 Å². The topological polar surface area (TPSA) is 64.7 Å². The molecule has 176 valence electrons. The Morgan fingerprint density at radius 1 is 0.882 bits per heavy atom. The van der Waals surface area contributed by atoms with Crippen molar-refractivity contribution in [2.45, 2.75) is 13.0 Å². The third kappa shape index (κ3) is 5.99. The van der Waals surface area contributed by atoms with Gasteiger partial charge in [-0.15, -0.1) is 0 Å². The van der Waals surface area contributed by atoms with Gasteiger partial charge in [-0.2, -0.15) is 0 Å². The lowest BCUT2D eigenvalue weighted by Gasteiger charge is -2.35. The molecule has 1 heterocycles. The largest absolute Gasteiger partial charge is 0.369 e. The van der Waals surface area contributed by atoms with E-state index in [1.165, 1.54) is 12.1 Å². The minimum absolute atomic E-state index is 0.158. The fraction of sp³-hybridized carbons (Fsp3) is 0.259. The van der Waals surface area contributed by atoms with Gasteiger partial charge in [-0.1, -0.05) is 42.5 Å². The minimum atomic E-state index is -0.248. The van der Waals surface area contributed by atoms with Crippen LogP contribution in [0.1, 0.15) is 28.9 Å². The zero-order valence-electron chi connectivity index (χ0n) is 19.2. The molecule has 2 amide bonds. The van der Waals surface area contributed by atoms with Gasteiger partial charge in [0.25, 0.3) is 5.91 Å². The highest BCUT2D eigenvalue weighted by Crippen LogP contribution is 2.19. The Bertz CT molecular complexity index is 1110. The van der Waals surface area contributed by atoms with Crippen molar-refractivity contribution < 1.29 is 14.0 Å². The molecular weight excluding hydrogens is 431 g/mol. The molecule has 6 nitrogen and oxygen atoms in total. The van der Waals surface area contributed by atoms with Gasteiger partial charge in [0, 0.05) is 31.9 Å². The highest BCUT2D eigenvalue weighted by atomic mass is 19.1. The van der Waals surface area contributed by atoms with Crippen LogP contribution in [-0.4, -0.2) is 49.4 Å². The third-order valence-electron chi connectivity index (χ3n) is 6.02. The zero-order chi connectivity index (χ0) is 23.9. The van der Waals surface area contributed by atoms with E-state index < -0.39 is 0 Å². The molecule has 0 saturated carbocycles. The number of halogens is 1. The number of para-hydroxylation sites is 1. The molecule has 0 radical (unpaired) electrons. The summed E-state index contributed by atoms with van der Waals surface area (Å²) in [7, 11) is 0. The minimum Gasteiger partial charge on any atom is -0.369 e. The van der Waals surface area contributed by atoms with Crippen LogP contribution < -0.4 is 15.5 Å². The summed E-state index contributed by atoms with van der Waals surface area (Å²) in [5, 5.41) is 5.91. The summed E-state index contributed by atoms with van der Waals surface area (Å²) in [5.41, 5.74) is 2.92. The second-order valence-electron chi connectivity index (χ2n) is 8.44. The van der Waals surface area contributed by atoms with E-state index in [4.69, 9.17) is 0 Å². The number of hydrogen-bond donors (Lipinski definition) is 2. The number of nitrogens with zero attached hydrogens (tertiary/aromatic N) is 2. The predicted molar refractivity (Wildman–Crippen MR) is 132 cm³/mol. The van der Waals surface area contributed by atoms with Gasteiger partial charge >= 0.3 is 0 Å². The number of anilines is 2. The van der Waals surface area contributed by atoms with Gasteiger partial charge < -0.3 is 15.5 Å². The monoisotopic (exact) mass is 460 g/mol. The molecule has 0 aliphatic carbocycles. The first-order chi connectivity index (χ1) is 16.5. The van der Waals surface area contributed by atoms with Crippen LogP contribution in [0.3, 0.4) is 0 Å². The lowest BCUT2D eigenvalue weighted by atomic mass is 10.1. The second-order valence-corrected chi connectivity index (χ2v) is 8.44. The molecule has 3 aromatic rings. The Hall–Kier alpha value is -3.71. The molecule has 0 bridgehead atoms. The summed E-state index contributed by atoms with van der Waals surface area (Å²) in [4.78, 5) is 29.9. The van der Waals surface area contributed by atoms with Crippen LogP contribution in [0.25, 0.3) is 0 Å². The van der Waals surface area contributed by atoms with Crippen molar-refractivity contribution in [3.05, 3.63) is 95.8 Å². The quantitative estimate of drug-likeness (QED) is 0.558. The van der Waals surface area contributed by atoms with Crippen LogP contribution in [0, 0.1) is 5.82 Å². The number of amides is 2. The van der Waals surface area contributed by atoms with Gasteiger partial charge in [-0.25, -0.2) is 4.39 Å². The first-order valence-electron chi connectivity index (χ1n) is 11.5. The van der Waals surface area contributed by atoms with Crippen molar-refractivity contribution in [3.63, 3.8) is 0 Å². The van der Waals surface area contributed by atoms with Crippen LogP contribution in [0.2, 0.25) is 0 Å². The molecule has 1 unspecified atom stereocenters. The van der Waals surface area contributed by atoms with Crippen LogP contribution in [0.5, 0.6) is 0 Å². The van der Waals surface area contributed by atoms with Crippen LogP contribution >= 0.6 is 0 Å². The molecular formula is C27H29FN4O2. The average molecular weight is 461 g/mol. The highest BCUT2D eigenvalue weighted by molar-refractivity contribution is 6.04. The van der Waals surface area contributed by atoms with Crippen molar-refractivity contribution in [1.29, 1.82) is 0 Å². The Morgan fingerprint density at radius 2 is 1.53 bits per heavy atom. The summed E-state index contributed by atoms with van der Waals surface area (Å²) >= 11 is 0. The van der Waals surface area contributed by atoms with Crippen molar-refractivity contribution in [2.75, 3.05) is 42.9 Å². The number of nitrogens with one attached hydrogen (secondary N) is 2. The summed E-state index contributed by atoms with van der Waals surface area (Å²) in [6, 6.07) is 23.1. The van der Waals surface area contributed by atoms with E-state index in [0.29, 0.717) is 11.3 Å². The molecule has 1 aliphatic rings. The molecule has 1 saturated heterocycles. The van der Waals surface area contributed by atoms with Crippen molar-refractivity contribution >= 4 is 23.2 Å². The fourth-order valence-electron chi connectivity index (χ4n) is 4.10. The number of rotatable bonds is 7. The van der Waals surface area contributed by atoms with Gasteiger partial charge in [-0.05, 0) is 48.9 Å². The van der Waals surface area contributed by atoms with E-state index in [1.807, 2.05) is 37.3 Å². The molecule has 1 fully saturated rings. The molecule has 4 rings (SSSR count). The first-order valence-corrected chi connectivity index (χ1v) is 11.5. The molecule has 2 N–H and O–H groups in total. The molecule has 1 atom stereocenters. The molecule has 7 heteroatoms. The Balaban J connectivity index is 1.31. The Labute approximate surface area is 199 Å². The smallest absolute Gasteiger partial charge is 0.253 e. The molecule has 34 heavy (non-hydrogen) atoms. The van der Waals surface area contributed by atoms with Crippen LogP contribution in [0.4, 0.5) is 15.8 Å². The summed E-state index contributed by atoms with van der Waals surface area (Å²) in [6.07, 6.45) is 0. The van der Waals surface area contributed by atoms with Crippen LogP contribution in [-0.2, 0) is 4.79 Å². The summed E-state index contributed by atoms with van der Waals surface area (Å²) in [6.45, 7) is 5.14. The maximum absolute atomic E-state index is 13.2. The number of piperazine rings is 1. The first kappa shape index (κ1) is 23.4. The number of carbonyl (C=O) groups is 2. The summed E-state index contributed by atoms with van der Waals surface area (Å²) < 4.78 is 13.2. The standard InChI is InChI=1S/C27H29FN4O2/c1-20(21-7-3-2-4-8-21)29-27(34)24-9-5-6-10-25(24)30-26(33)19-31-15-17-32(18-16-31)23-13-11-22(28)12-14-23/h2-14,20H,15-19H2,1H3,(H,29,34)(H,30,33). The Kier molecular flexibility index (Phi) is 7.54. The van der Waals surface area contributed by atoms with E-state index in [0.717, 1.165) is 37.4 Å².